The number of amides is 1. The van der Waals surface area contributed by atoms with Crippen LogP contribution in [0.15, 0.2) is 18.2 Å². The summed E-state index contributed by atoms with van der Waals surface area (Å²) in [5.41, 5.74) is 1.47. The van der Waals surface area contributed by atoms with Crippen molar-refractivity contribution in [1.29, 1.82) is 0 Å². The number of aryl methyl sites for hydroxylation is 1. The molecule has 3 rings (SSSR count). The molecule has 0 radical (unpaired) electrons. The van der Waals surface area contributed by atoms with E-state index in [-0.39, 0.29) is 5.91 Å². The second-order valence-corrected chi connectivity index (χ2v) is 7.30. The number of hydrogen-bond acceptors (Lipinski definition) is 3. The normalized spacial score (nSPS) is 19.5. The number of rotatable bonds is 5. The fourth-order valence-corrected chi connectivity index (χ4v) is 4.33. The van der Waals surface area contributed by atoms with Gasteiger partial charge >= 0.3 is 0 Å². The second kappa shape index (κ2) is 7.45. The van der Waals surface area contributed by atoms with Gasteiger partial charge in [-0.1, -0.05) is 19.3 Å². The number of carbonyl (C=O) groups is 1. The van der Waals surface area contributed by atoms with Crippen LogP contribution in [-0.2, 0) is 11.2 Å². The van der Waals surface area contributed by atoms with Crippen molar-refractivity contribution in [2.75, 3.05) is 27.3 Å². The Balaban J connectivity index is 1.58. The molecule has 2 aliphatic rings. The van der Waals surface area contributed by atoms with Crippen LogP contribution < -0.4 is 9.47 Å². The molecule has 0 N–H and O–H groups in total. The van der Waals surface area contributed by atoms with Crippen molar-refractivity contribution in [2.45, 2.75) is 51.4 Å². The Bertz CT molecular complexity index is 578. The number of ether oxygens (including phenoxy) is 2. The van der Waals surface area contributed by atoms with Crippen molar-refractivity contribution in [3.05, 3.63) is 23.8 Å². The number of benzene rings is 1. The molecule has 0 bridgehead atoms. The van der Waals surface area contributed by atoms with E-state index in [4.69, 9.17) is 9.47 Å². The molecule has 0 aromatic heterocycles. The Labute approximate surface area is 145 Å². The van der Waals surface area contributed by atoms with E-state index in [1.165, 1.54) is 38.5 Å². The third-order valence-electron chi connectivity index (χ3n) is 5.80. The quantitative estimate of drug-likeness (QED) is 0.823. The van der Waals surface area contributed by atoms with Crippen LogP contribution in [0.4, 0.5) is 0 Å². The van der Waals surface area contributed by atoms with Crippen molar-refractivity contribution in [2.24, 2.45) is 5.41 Å². The van der Waals surface area contributed by atoms with Gasteiger partial charge in [0, 0.05) is 19.5 Å². The van der Waals surface area contributed by atoms with Gasteiger partial charge in [-0.25, -0.2) is 0 Å². The zero-order chi connectivity index (χ0) is 17.0. The van der Waals surface area contributed by atoms with E-state index in [9.17, 15) is 4.79 Å². The van der Waals surface area contributed by atoms with Crippen LogP contribution in [0.5, 0.6) is 11.5 Å². The largest absolute Gasteiger partial charge is 0.497 e. The van der Waals surface area contributed by atoms with Gasteiger partial charge < -0.3 is 14.4 Å². The van der Waals surface area contributed by atoms with Crippen molar-refractivity contribution in [3.63, 3.8) is 0 Å². The molecule has 4 heteroatoms. The summed E-state index contributed by atoms with van der Waals surface area (Å²) in [5, 5.41) is 0. The lowest BCUT2D eigenvalue weighted by Gasteiger charge is -2.33. The standard InChI is InChI=1S/C20H29NO3/c1-23-17-7-8-18(24-2)16(14-17)6-9-19(22)21-13-12-20(15-21)10-4-3-5-11-20/h7-8,14H,3-6,9-13,15H2,1-2H3. The van der Waals surface area contributed by atoms with Gasteiger partial charge in [-0.15, -0.1) is 0 Å². The molecule has 1 saturated carbocycles. The number of hydrogen-bond donors (Lipinski definition) is 0. The van der Waals surface area contributed by atoms with Gasteiger partial charge in [-0.3, -0.25) is 4.79 Å². The van der Waals surface area contributed by atoms with Crippen LogP contribution in [0.3, 0.4) is 0 Å². The van der Waals surface area contributed by atoms with E-state index in [1.807, 2.05) is 18.2 Å². The molecule has 0 unspecified atom stereocenters. The second-order valence-electron chi connectivity index (χ2n) is 7.30. The summed E-state index contributed by atoms with van der Waals surface area (Å²) in [6.07, 6.45) is 9.09. The minimum Gasteiger partial charge on any atom is -0.497 e. The zero-order valence-corrected chi connectivity index (χ0v) is 15.0. The minimum absolute atomic E-state index is 0.280. The van der Waals surface area contributed by atoms with E-state index >= 15 is 0 Å². The van der Waals surface area contributed by atoms with Crippen LogP contribution >= 0.6 is 0 Å². The Kier molecular flexibility index (Phi) is 5.32. The molecule has 2 fully saturated rings. The monoisotopic (exact) mass is 331 g/mol. The topological polar surface area (TPSA) is 38.8 Å². The van der Waals surface area contributed by atoms with Crippen LogP contribution in [0, 0.1) is 5.41 Å². The smallest absolute Gasteiger partial charge is 0.222 e. The van der Waals surface area contributed by atoms with Crippen molar-refractivity contribution in [3.8, 4) is 11.5 Å². The van der Waals surface area contributed by atoms with Gasteiger partial charge in [0.15, 0.2) is 0 Å². The molecule has 24 heavy (non-hydrogen) atoms. The predicted molar refractivity (Wildman–Crippen MR) is 94.6 cm³/mol. The molecule has 1 amide bonds. The highest BCUT2D eigenvalue weighted by Gasteiger charge is 2.40. The maximum absolute atomic E-state index is 12.7. The summed E-state index contributed by atoms with van der Waals surface area (Å²) >= 11 is 0. The van der Waals surface area contributed by atoms with E-state index in [1.54, 1.807) is 14.2 Å². The van der Waals surface area contributed by atoms with E-state index < -0.39 is 0 Å². The molecule has 1 aromatic carbocycles. The fourth-order valence-electron chi connectivity index (χ4n) is 4.33. The summed E-state index contributed by atoms with van der Waals surface area (Å²) in [4.78, 5) is 14.7. The fraction of sp³-hybridized carbons (Fsp3) is 0.650. The van der Waals surface area contributed by atoms with Gasteiger partial charge in [-0.2, -0.15) is 0 Å². The third kappa shape index (κ3) is 3.68. The summed E-state index contributed by atoms with van der Waals surface area (Å²) < 4.78 is 10.7. The zero-order valence-electron chi connectivity index (χ0n) is 15.0. The molecular weight excluding hydrogens is 302 g/mol. The predicted octanol–water partition coefficient (Wildman–Crippen LogP) is 3.82. The third-order valence-corrected chi connectivity index (χ3v) is 5.80. The van der Waals surface area contributed by atoms with Gasteiger partial charge in [-0.05, 0) is 54.9 Å². The Morgan fingerprint density at radius 1 is 1.12 bits per heavy atom. The number of methoxy groups -OCH3 is 2. The highest BCUT2D eigenvalue weighted by Crippen LogP contribution is 2.43. The van der Waals surface area contributed by atoms with Crippen LogP contribution in [-0.4, -0.2) is 38.1 Å². The summed E-state index contributed by atoms with van der Waals surface area (Å²) in [6, 6.07) is 5.77. The summed E-state index contributed by atoms with van der Waals surface area (Å²) in [7, 11) is 3.32. The van der Waals surface area contributed by atoms with Gasteiger partial charge in [0.2, 0.25) is 5.91 Å². The summed E-state index contributed by atoms with van der Waals surface area (Å²) in [6.45, 7) is 1.91. The van der Waals surface area contributed by atoms with Crippen molar-refractivity contribution >= 4 is 5.91 Å². The molecule has 4 nitrogen and oxygen atoms in total. The van der Waals surface area contributed by atoms with Gasteiger partial charge in [0.1, 0.15) is 11.5 Å². The van der Waals surface area contributed by atoms with Gasteiger partial charge in [0.05, 0.1) is 14.2 Å². The Morgan fingerprint density at radius 2 is 1.92 bits per heavy atom. The Hall–Kier alpha value is -1.71. The molecule has 1 saturated heterocycles. The number of carbonyl (C=O) groups excluding carboxylic acids is 1. The SMILES string of the molecule is COc1ccc(OC)c(CCC(=O)N2CCC3(CCCCC3)C2)c1. The molecule has 1 aromatic rings. The first-order chi connectivity index (χ1) is 11.7. The molecule has 1 spiro atoms. The lowest BCUT2D eigenvalue weighted by Crippen LogP contribution is -2.33. The first-order valence-corrected chi connectivity index (χ1v) is 9.14. The first-order valence-electron chi connectivity index (χ1n) is 9.14. The van der Waals surface area contributed by atoms with Crippen LogP contribution in [0.1, 0.15) is 50.5 Å². The maximum atomic E-state index is 12.7. The average molecular weight is 331 g/mol. The summed E-state index contributed by atoms with van der Waals surface area (Å²) in [5.74, 6) is 1.91. The minimum atomic E-state index is 0.280. The van der Waals surface area contributed by atoms with Gasteiger partial charge in [0.25, 0.3) is 0 Å². The van der Waals surface area contributed by atoms with E-state index in [2.05, 4.69) is 4.90 Å². The Morgan fingerprint density at radius 3 is 2.62 bits per heavy atom. The first kappa shape index (κ1) is 17.1. The van der Waals surface area contributed by atoms with E-state index in [0.29, 0.717) is 18.3 Å². The molecule has 132 valence electrons. The van der Waals surface area contributed by atoms with Crippen LogP contribution in [0.25, 0.3) is 0 Å². The van der Waals surface area contributed by atoms with Crippen molar-refractivity contribution in [1.82, 2.24) is 4.90 Å². The highest BCUT2D eigenvalue weighted by atomic mass is 16.5. The molecule has 1 aliphatic heterocycles. The lowest BCUT2D eigenvalue weighted by molar-refractivity contribution is -0.130. The lowest BCUT2D eigenvalue weighted by atomic mass is 9.73. The van der Waals surface area contributed by atoms with E-state index in [0.717, 1.165) is 30.2 Å². The average Bonchev–Trinajstić information content (AvgIpc) is 3.03. The number of nitrogens with zero attached hydrogens (tertiary/aromatic N) is 1. The molecule has 1 aliphatic carbocycles. The molecular formula is C20H29NO3. The molecule has 0 atom stereocenters. The maximum Gasteiger partial charge on any atom is 0.222 e. The number of likely N-dealkylation sites (tertiary alicyclic amines) is 1. The molecule has 1 heterocycles. The van der Waals surface area contributed by atoms with Crippen LogP contribution in [0.2, 0.25) is 0 Å². The van der Waals surface area contributed by atoms with Crippen molar-refractivity contribution < 1.29 is 14.3 Å². The highest BCUT2D eigenvalue weighted by molar-refractivity contribution is 5.77.